The van der Waals surface area contributed by atoms with Gasteiger partial charge in [-0.2, -0.15) is 0 Å². The van der Waals surface area contributed by atoms with Gasteiger partial charge in [0.1, 0.15) is 23.3 Å². The maximum atomic E-state index is 14.6. The van der Waals surface area contributed by atoms with Gasteiger partial charge in [0.2, 0.25) is 0 Å². The van der Waals surface area contributed by atoms with Crippen molar-refractivity contribution in [2.24, 2.45) is 5.73 Å². The molecule has 1 fully saturated rings. The highest BCUT2D eigenvalue weighted by atomic mass is 35.5. The number of fused-ring (bicyclic) bond motifs is 1. The van der Waals surface area contributed by atoms with Crippen molar-refractivity contribution in [3.63, 3.8) is 0 Å². The zero-order chi connectivity index (χ0) is 21.4. The Morgan fingerprint density at radius 2 is 1.97 bits per heavy atom. The van der Waals surface area contributed by atoms with Crippen LogP contribution >= 0.6 is 12.4 Å². The summed E-state index contributed by atoms with van der Waals surface area (Å²) in [6, 6.07) is 5.43. The van der Waals surface area contributed by atoms with Gasteiger partial charge in [-0.15, -0.1) is 12.4 Å². The molecule has 3 heterocycles. The van der Waals surface area contributed by atoms with Gasteiger partial charge in [-0.1, -0.05) is 18.2 Å². The molecule has 6 nitrogen and oxygen atoms in total. The number of aromatic nitrogens is 3. The number of benzene rings is 1. The third-order valence-corrected chi connectivity index (χ3v) is 5.34. The van der Waals surface area contributed by atoms with Crippen LogP contribution in [0.1, 0.15) is 42.8 Å². The average Bonchev–Trinajstić information content (AvgIpc) is 3.13. The van der Waals surface area contributed by atoms with Gasteiger partial charge in [0.05, 0.1) is 23.3 Å². The van der Waals surface area contributed by atoms with Gasteiger partial charge in [0.25, 0.3) is 6.43 Å². The zero-order valence-corrected chi connectivity index (χ0v) is 18.0. The molecule has 0 radical (unpaired) electrons. The molecule has 2 atom stereocenters. The van der Waals surface area contributed by atoms with E-state index in [-0.39, 0.29) is 24.0 Å². The molecule has 1 aliphatic rings. The van der Waals surface area contributed by atoms with Crippen molar-refractivity contribution < 1.29 is 13.2 Å². The standard InChI is InChI=1S/C21H23F3N6.ClH/c1-11(14-4-3-5-15(19(14)22)20(23)24)27-21-16-8-18(30-7-6-13(25)10-30)26-9-17(16)28-12(2)29-21;/h3-5,8-9,11,13,20H,6-7,10,25H2,1-2H3,(H,27,28,29);1H/t11?,13-;/m1./s1. The number of halogens is 4. The summed E-state index contributed by atoms with van der Waals surface area (Å²) in [7, 11) is 0. The van der Waals surface area contributed by atoms with Crippen molar-refractivity contribution in [1.29, 1.82) is 0 Å². The molecule has 0 amide bonds. The molecule has 1 saturated heterocycles. The molecule has 2 aromatic heterocycles. The van der Waals surface area contributed by atoms with E-state index in [0.29, 0.717) is 17.2 Å². The van der Waals surface area contributed by atoms with Crippen molar-refractivity contribution in [2.75, 3.05) is 23.3 Å². The van der Waals surface area contributed by atoms with Crippen LogP contribution in [0.3, 0.4) is 0 Å². The Morgan fingerprint density at radius 1 is 1.23 bits per heavy atom. The summed E-state index contributed by atoms with van der Waals surface area (Å²) in [5.41, 5.74) is 6.19. The summed E-state index contributed by atoms with van der Waals surface area (Å²) >= 11 is 0. The Morgan fingerprint density at radius 3 is 2.65 bits per heavy atom. The maximum Gasteiger partial charge on any atom is 0.266 e. The van der Waals surface area contributed by atoms with Crippen molar-refractivity contribution in [1.82, 2.24) is 15.0 Å². The number of nitrogens with zero attached hydrogens (tertiary/aromatic N) is 4. The van der Waals surface area contributed by atoms with Crippen molar-refractivity contribution >= 4 is 34.9 Å². The van der Waals surface area contributed by atoms with Crippen LogP contribution in [0, 0.1) is 12.7 Å². The molecule has 1 aliphatic heterocycles. The lowest BCUT2D eigenvalue weighted by Gasteiger charge is -2.20. The molecule has 0 spiro atoms. The Labute approximate surface area is 184 Å². The largest absolute Gasteiger partial charge is 0.363 e. The summed E-state index contributed by atoms with van der Waals surface area (Å²) in [6.07, 6.45) is -0.303. The SMILES string of the molecule is Cc1nc(NC(C)c2cccc(C(F)F)c2F)c2cc(N3CC[C@@H](N)C3)ncc2n1.Cl. The lowest BCUT2D eigenvalue weighted by atomic mass is 10.0. The summed E-state index contributed by atoms with van der Waals surface area (Å²) < 4.78 is 40.7. The van der Waals surface area contributed by atoms with Crippen LogP contribution < -0.4 is 16.0 Å². The monoisotopic (exact) mass is 452 g/mol. The average molecular weight is 453 g/mol. The van der Waals surface area contributed by atoms with Gasteiger partial charge in [-0.05, 0) is 26.3 Å². The Hall–Kier alpha value is -2.65. The highest BCUT2D eigenvalue weighted by Crippen LogP contribution is 2.31. The first-order valence-electron chi connectivity index (χ1n) is 9.81. The van der Waals surface area contributed by atoms with Crippen molar-refractivity contribution in [3.8, 4) is 0 Å². The number of rotatable bonds is 5. The number of hydrogen-bond donors (Lipinski definition) is 2. The third-order valence-electron chi connectivity index (χ3n) is 5.34. The van der Waals surface area contributed by atoms with E-state index >= 15 is 0 Å². The molecule has 0 saturated carbocycles. The van der Waals surface area contributed by atoms with E-state index in [9.17, 15) is 13.2 Å². The molecule has 1 unspecified atom stereocenters. The van der Waals surface area contributed by atoms with E-state index in [1.54, 1.807) is 20.0 Å². The molecule has 31 heavy (non-hydrogen) atoms. The topological polar surface area (TPSA) is 80.0 Å². The minimum absolute atomic E-state index is 0. The van der Waals surface area contributed by atoms with Crippen LogP contribution in [0.15, 0.2) is 30.5 Å². The molecule has 10 heteroatoms. The molecular formula is C21H24ClF3N6. The predicted molar refractivity (Wildman–Crippen MR) is 118 cm³/mol. The lowest BCUT2D eigenvalue weighted by Crippen LogP contribution is -2.26. The normalized spacial score (nSPS) is 17.1. The molecule has 3 aromatic rings. The molecule has 166 valence electrons. The van der Waals surface area contributed by atoms with Gasteiger partial charge in [0.15, 0.2) is 0 Å². The number of anilines is 2. The molecule has 4 rings (SSSR count). The Balaban J connectivity index is 0.00000272. The Bertz CT molecular complexity index is 1080. The molecular weight excluding hydrogens is 429 g/mol. The van der Waals surface area contributed by atoms with Crippen LogP contribution in [-0.2, 0) is 0 Å². The third kappa shape index (κ3) is 4.67. The van der Waals surface area contributed by atoms with Crippen LogP contribution in [0.5, 0.6) is 0 Å². The van der Waals surface area contributed by atoms with E-state index in [1.807, 2.05) is 6.07 Å². The fourth-order valence-corrected chi connectivity index (χ4v) is 3.77. The highest BCUT2D eigenvalue weighted by Gasteiger charge is 2.23. The first kappa shape index (κ1) is 23.0. The van der Waals surface area contributed by atoms with Crippen molar-refractivity contribution in [3.05, 3.63) is 53.2 Å². The number of aryl methyl sites for hydroxylation is 1. The number of nitrogens with one attached hydrogen (secondary N) is 1. The number of hydrogen-bond acceptors (Lipinski definition) is 6. The number of nitrogens with two attached hydrogens (primary N) is 1. The lowest BCUT2D eigenvalue weighted by molar-refractivity contribution is 0.146. The van der Waals surface area contributed by atoms with E-state index in [1.165, 1.54) is 12.1 Å². The van der Waals surface area contributed by atoms with Crippen LogP contribution in [0.25, 0.3) is 10.9 Å². The number of alkyl halides is 2. The first-order chi connectivity index (χ1) is 14.3. The summed E-state index contributed by atoms with van der Waals surface area (Å²) in [6.45, 7) is 4.99. The van der Waals surface area contributed by atoms with Crippen molar-refractivity contribution in [2.45, 2.75) is 38.8 Å². The summed E-state index contributed by atoms with van der Waals surface area (Å²) in [5, 5.41) is 3.89. The second-order valence-electron chi connectivity index (χ2n) is 7.59. The van der Waals surface area contributed by atoms with Gasteiger partial charge in [-0.3, -0.25) is 0 Å². The highest BCUT2D eigenvalue weighted by molar-refractivity contribution is 5.90. The second-order valence-corrected chi connectivity index (χ2v) is 7.59. The molecule has 3 N–H and O–H groups in total. The summed E-state index contributed by atoms with van der Waals surface area (Å²) in [4.78, 5) is 15.5. The van der Waals surface area contributed by atoms with Crippen LogP contribution in [0.4, 0.5) is 24.8 Å². The fraction of sp³-hybridized carbons (Fsp3) is 0.381. The van der Waals surface area contributed by atoms with Gasteiger partial charge < -0.3 is 16.0 Å². The maximum absolute atomic E-state index is 14.6. The predicted octanol–water partition coefficient (Wildman–Crippen LogP) is 4.54. The quantitative estimate of drug-likeness (QED) is 0.591. The number of pyridine rings is 1. The van der Waals surface area contributed by atoms with Gasteiger partial charge in [-0.25, -0.2) is 28.1 Å². The van der Waals surface area contributed by atoms with E-state index in [4.69, 9.17) is 5.73 Å². The second kappa shape index (κ2) is 9.23. The first-order valence-corrected chi connectivity index (χ1v) is 9.81. The van der Waals surface area contributed by atoms with Gasteiger partial charge >= 0.3 is 0 Å². The zero-order valence-electron chi connectivity index (χ0n) is 17.1. The molecule has 1 aromatic carbocycles. The van der Waals surface area contributed by atoms with Crippen LogP contribution in [-0.4, -0.2) is 34.1 Å². The van der Waals surface area contributed by atoms with E-state index in [2.05, 4.69) is 25.2 Å². The van der Waals surface area contributed by atoms with E-state index in [0.717, 1.165) is 36.8 Å². The fourth-order valence-electron chi connectivity index (χ4n) is 3.77. The minimum atomic E-state index is -2.88. The van der Waals surface area contributed by atoms with E-state index < -0.39 is 23.8 Å². The minimum Gasteiger partial charge on any atom is -0.363 e. The molecule has 0 bridgehead atoms. The summed E-state index contributed by atoms with van der Waals surface area (Å²) in [5.74, 6) is 0.885. The van der Waals surface area contributed by atoms with Crippen LogP contribution in [0.2, 0.25) is 0 Å². The molecule has 0 aliphatic carbocycles. The van der Waals surface area contributed by atoms with Gasteiger partial charge in [0, 0.05) is 30.1 Å². The smallest absolute Gasteiger partial charge is 0.266 e. The Kier molecular flexibility index (Phi) is 6.86.